The lowest BCUT2D eigenvalue weighted by molar-refractivity contribution is -0.479. The van der Waals surface area contributed by atoms with Crippen LogP contribution < -0.4 is 4.74 Å². The number of aryl methyl sites for hydroxylation is 1. The number of benzene rings is 2. The first kappa shape index (κ1) is 22.0. The Morgan fingerprint density at radius 2 is 2.00 bits per heavy atom. The van der Waals surface area contributed by atoms with Crippen molar-refractivity contribution in [1.82, 2.24) is 14.8 Å². The maximum Gasteiger partial charge on any atom is 0.220 e. The third-order valence-electron chi connectivity index (χ3n) is 4.08. The number of aromatic nitrogens is 3. The minimum atomic E-state index is -0.547. The van der Waals surface area contributed by atoms with Gasteiger partial charge < -0.3 is 4.74 Å². The van der Waals surface area contributed by atoms with E-state index < -0.39 is 5.25 Å². The van der Waals surface area contributed by atoms with Gasteiger partial charge in [0.25, 0.3) is 0 Å². The molecule has 0 bridgehead atoms. The summed E-state index contributed by atoms with van der Waals surface area (Å²) in [5.74, 6) is 3.44. The van der Waals surface area contributed by atoms with Crippen molar-refractivity contribution in [2.45, 2.75) is 17.3 Å². The molecule has 7 nitrogen and oxygen atoms in total. The average Bonchev–Trinajstić information content (AvgIpc) is 3.07. The molecule has 0 aliphatic heterocycles. The Morgan fingerprint density at radius 3 is 2.63 bits per heavy atom. The van der Waals surface area contributed by atoms with Crippen LogP contribution in [0.1, 0.15) is 16.6 Å². The third kappa shape index (κ3) is 5.25. The third-order valence-corrected chi connectivity index (χ3v) is 5.81. The molecule has 0 radical (unpaired) electrons. The summed E-state index contributed by atoms with van der Waals surface area (Å²) in [5, 5.41) is 20.6. The molecular formula is C20H16Cl2N4O3S. The van der Waals surface area contributed by atoms with Gasteiger partial charge in [-0.3, -0.25) is 14.7 Å². The highest BCUT2D eigenvalue weighted by Gasteiger charge is 2.24. The summed E-state index contributed by atoms with van der Waals surface area (Å²) in [5.41, 5.74) is 1.47. The smallest absolute Gasteiger partial charge is 0.220 e. The maximum atomic E-state index is 11.3. The van der Waals surface area contributed by atoms with Gasteiger partial charge in [0, 0.05) is 15.6 Å². The number of terminal acetylenes is 1. The topological polar surface area (TPSA) is 83.1 Å². The van der Waals surface area contributed by atoms with Crippen LogP contribution in [0, 0.1) is 29.4 Å². The van der Waals surface area contributed by atoms with Crippen molar-refractivity contribution in [3.05, 3.63) is 74.0 Å². The van der Waals surface area contributed by atoms with Gasteiger partial charge in [0.05, 0.1) is 5.02 Å². The Morgan fingerprint density at radius 1 is 1.27 bits per heavy atom. The maximum absolute atomic E-state index is 11.3. The predicted molar refractivity (Wildman–Crippen MR) is 117 cm³/mol. The van der Waals surface area contributed by atoms with Gasteiger partial charge in [0.1, 0.15) is 23.4 Å². The van der Waals surface area contributed by atoms with Gasteiger partial charge >= 0.3 is 0 Å². The second-order valence-corrected chi connectivity index (χ2v) is 8.16. The first-order valence-electron chi connectivity index (χ1n) is 8.71. The normalized spacial score (nSPS) is 11.7. The molecule has 0 fully saturated rings. The van der Waals surface area contributed by atoms with E-state index in [1.165, 1.54) is 11.8 Å². The van der Waals surface area contributed by atoms with E-state index >= 15 is 0 Å². The highest BCUT2D eigenvalue weighted by atomic mass is 35.5. The van der Waals surface area contributed by atoms with Crippen LogP contribution in [0.25, 0.3) is 5.69 Å². The van der Waals surface area contributed by atoms with Crippen LogP contribution >= 0.6 is 35.0 Å². The van der Waals surface area contributed by atoms with Crippen LogP contribution in [0.5, 0.6) is 5.75 Å². The zero-order valence-corrected chi connectivity index (χ0v) is 18.1. The Kier molecular flexibility index (Phi) is 7.21. The molecular weight excluding hydrogens is 447 g/mol. The van der Waals surface area contributed by atoms with Crippen LogP contribution in [-0.2, 0) is 0 Å². The first-order valence-corrected chi connectivity index (χ1v) is 10.3. The number of halogens is 2. The molecule has 3 aromatic rings. The molecule has 0 N–H and O–H groups in total. The zero-order valence-electron chi connectivity index (χ0n) is 15.8. The van der Waals surface area contributed by atoms with Crippen molar-refractivity contribution < 1.29 is 9.66 Å². The summed E-state index contributed by atoms with van der Waals surface area (Å²) in [7, 11) is 0. The van der Waals surface area contributed by atoms with Crippen LogP contribution in [0.3, 0.4) is 0 Å². The van der Waals surface area contributed by atoms with Gasteiger partial charge in [-0.2, -0.15) is 0 Å². The molecule has 2 aromatic carbocycles. The van der Waals surface area contributed by atoms with E-state index in [2.05, 4.69) is 16.1 Å². The monoisotopic (exact) mass is 462 g/mol. The molecule has 3 rings (SSSR count). The van der Waals surface area contributed by atoms with Crippen molar-refractivity contribution in [2.24, 2.45) is 0 Å². The van der Waals surface area contributed by atoms with Crippen LogP contribution in [0.4, 0.5) is 0 Å². The Balaban J connectivity index is 1.93. The number of nitro groups is 1. The van der Waals surface area contributed by atoms with Gasteiger partial charge in [-0.25, -0.2) is 0 Å². The van der Waals surface area contributed by atoms with E-state index in [-0.39, 0.29) is 18.1 Å². The minimum Gasteiger partial charge on any atom is -0.479 e. The molecule has 0 saturated carbocycles. The van der Waals surface area contributed by atoms with Crippen molar-refractivity contribution in [3.63, 3.8) is 0 Å². The number of ether oxygens (including phenoxy) is 1. The lowest BCUT2D eigenvalue weighted by atomic mass is 10.1. The Bertz CT molecular complexity index is 1100. The summed E-state index contributed by atoms with van der Waals surface area (Å²) in [6.07, 6.45) is 5.20. The van der Waals surface area contributed by atoms with Crippen LogP contribution in [0.2, 0.25) is 10.0 Å². The van der Waals surface area contributed by atoms with Gasteiger partial charge in [-0.15, -0.1) is 16.6 Å². The number of hydrogen-bond donors (Lipinski definition) is 0. The minimum absolute atomic E-state index is 0.0790. The molecule has 0 spiro atoms. The molecule has 0 amide bonds. The fourth-order valence-electron chi connectivity index (χ4n) is 2.73. The number of rotatable bonds is 8. The van der Waals surface area contributed by atoms with Crippen molar-refractivity contribution in [2.75, 3.05) is 13.2 Å². The summed E-state index contributed by atoms with van der Waals surface area (Å²) >= 11 is 13.5. The molecule has 1 heterocycles. The zero-order chi connectivity index (χ0) is 21.7. The molecule has 0 aliphatic carbocycles. The van der Waals surface area contributed by atoms with E-state index in [0.29, 0.717) is 32.3 Å². The van der Waals surface area contributed by atoms with Crippen molar-refractivity contribution >= 4 is 35.0 Å². The lowest BCUT2D eigenvalue weighted by Gasteiger charge is -2.15. The van der Waals surface area contributed by atoms with E-state index in [9.17, 15) is 10.1 Å². The quantitative estimate of drug-likeness (QED) is 0.202. The highest BCUT2D eigenvalue weighted by molar-refractivity contribution is 7.99. The molecule has 1 atom stereocenters. The lowest BCUT2D eigenvalue weighted by Crippen LogP contribution is -2.11. The summed E-state index contributed by atoms with van der Waals surface area (Å²) in [6.45, 7) is 1.57. The van der Waals surface area contributed by atoms with Crippen LogP contribution in [0.15, 0.2) is 47.6 Å². The van der Waals surface area contributed by atoms with Gasteiger partial charge in [0.2, 0.25) is 6.54 Å². The molecule has 1 aromatic heterocycles. The van der Waals surface area contributed by atoms with Crippen LogP contribution in [-0.4, -0.2) is 32.8 Å². The second-order valence-electron chi connectivity index (χ2n) is 6.15. The van der Waals surface area contributed by atoms with E-state index in [0.717, 1.165) is 5.69 Å². The molecule has 0 unspecified atom stereocenters. The van der Waals surface area contributed by atoms with Gasteiger partial charge in [-0.1, -0.05) is 47.0 Å². The highest BCUT2D eigenvalue weighted by Crippen LogP contribution is 2.38. The van der Waals surface area contributed by atoms with E-state index in [4.69, 9.17) is 34.4 Å². The Hall–Kier alpha value is -2.73. The van der Waals surface area contributed by atoms with Crippen molar-refractivity contribution in [1.29, 1.82) is 0 Å². The summed E-state index contributed by atoms with van der Waals surface area (Å²) in [4.78, 5) is 10.9. The second kappa shape index (κ2) is 9.85. The first-order chi connectivity index (χ1) is 14.4. The fraction of sp³-hybridized carbons (Fsp3) is 0.200. The molecule has 10 heteroatoms. The molecule has 30 heavy (non-hydrogen) atoms. The molecule has 0 saturated heterocycles. The molecule has 154 valence electrons. The summed E-state index contributed by atoms with van der Waals surface area (Å²) < 4.78 is 7.18. The van der Waals surface area contributed by atoms with Gasteiger partial charge in [0.15, 0.2) is 5.16 Å². The van der Waals surface area contributed by atoms with Gasteiger partial charge in [-0.05, 0) is 48.9 Å². The predicted octanol–water partition coefficient (Wildman–Crippen LogP) is 5.00. The number of hydrogen-bond acceptors (Lipinski definition) is 6. The fourth-order valence-corrected chi connectivity index (χ4v) is 4.27. The summed E-state index contributed by atoms with van der Waals surface area (Å²) in [6, 6.07) is 12.2. The SMILES string of the molecule is C#CCOc1ccc([C@H](C[N+](=O)[O-])Sc2nnc(C)n2-c2ccc(Cl)cc2)cc1Cl. The standard InChI is InChI=1S/C20H16Cl2N4O3S/c1-3-10-29-18-9-4-14(11-17(18)22)19(12-25(27)28)30-20-24-23-13(2)26(20)16-7-5-15(21)6-8-16/h1,4-9,11,19H,10,12H2,2H3/t19-/m0/s1. The van der Waals surface area contributed by atoms with E-state index in [1.807, 2.05) is 23.6 Å². The average molecular weight is 463 g/mol. The van der Waals surface area contributed by atoms with Crippen molar-refractivity contribution in [3.8, 4) is 23.8 Å². The Labute approximate surface area is 187 Å². The number of nitrogens with zero attached hydrogens (tertiary/aromatic N) is 4. The van der Waals surface area contributed by atoms with E-state index in [1.54, 1.807) is 30.3 Å². The molecule has 0 aliphatic rings. The largest absolute Gasteiger partial charge is 0.479 e. The number of thioether (sulfide) groups is 1.